The third kappa shape index (κ3) is 4.28. The number of likely N-dealkylation sites (N-methyl/N-ethyl adjacent to an activating group) is 1. The van der Waals surface area contributed by atoms with E-state index in [9.17, 15) is 22.0 Å². The number of ether oxygens (including phenoxy) is 1. The molecule has 1 rings (SSSR count). The smallest absolute Gasteiger partial charge is 0.264 e. The van der Waals surface area contributed by atoms with Gasteiger partial charge in [0.15, 0.2) is 18.2 Å². The van der Waals surface area contributed by atoms with Crippen molar-refractivity contribution in [2.75, 3.05) is 13.7 Å². The summed E-state index contributed by atoms with van der Waals surface area (Å²) in [6, 6.07) is 1.59. The van der Waals surface area contributed by atoms with Gasteiger partial charge in [-0.25, -0.2) is 12.8 Å². The molecule has 5 nitrogen and oxygen atoms in total. The highest BCUT2D eigenvalue weighted by molar-refractivity contribution is 8.13. The molecule has 0 aromatic heterocycles. The third-order valence-corrected chi connectivity index (χ3v) is 4.13. The zero-order valence-corrected chi connectivity index (χ0v) is 13.1. The van der Waals surface area contributed by atoms with E-state index >= 15 is 0 Å². The van der Waals surface area contributed by atoms with Crippen molar-refractivity contribution in [3.05, 3.63) is 23.8 Å². The zero-order chi connectivity index (χ0) is 16.4. The first kappa shape index (κ1) is 17.6. The normalized spacial score (nSPS) is 11.6. The maximum absolute atomic E-state index is 13.7. The second kappa shape index (κ2) is 6.57. The van der Waals surface area contributed by atoms with Crippen LogP contribution in [-0.4, -0.2) is 38.9 Å². The number of rotatable bonds is 5. The van der Waals surface area contributed by atoms with Crippen LogP contribution in [0.3, 0.4) is 0 Å². The monoisotopic (exact) mass is 341 g/mol. The van der Waals surface area contributed by atoms with Gasteiger partial charge in [-0.1, -0.05) is 0 Å². The molecule has 0 N–H and O–H groups in total. The minimum atomic E-state index is -4.40. The van der Waals surface area contributed by atoms with E-state index in [1.54, 1.807) is 13.8 Å². The van der Waals surface area contributed by atoms with Crippen LogP contribution in [0.25, 0.3) is 0 Å². The first-order valence-electron chi connectivity index (χ1n) is 5.86. The summed E-state index contributed by atoms with van der Waals surface area (Å²) < 4.78 is 54.1. The summed E-state index contributed by atoms with van der Waals surface area (Å²) in [5, 5.41) is 0. The van der Waals surface area contributed by atoms with Gasteiger partial charge in [0.25, 0.3) is 15.0 Å². The number of hydrogen-bond donors (Lipinski definition) is 0. The maximum atomic E-state index is 13.7. The minimum Gasteiger partial charge on any atom is -0.481 e. The van der Waals surface area contributed by atoms with Crippen molar-refractivity contribution >= 4 is 25.6 Å². The summed E-state index contributed by atoms with van der Waals surface area (Å²) in [5.74, 6) is -4.16. The molecule has 21 heavy (non-hydrogen) atoms. The molecule has 0 aliphatic heterocycles. The van der Waals surface area contributed by atoms with Gasteiger partial charge in [-0.2, -0.15) is 4.39 Å². The van der Waals surface area contributed by atoms with Crippen molar-refractivity contribution in [1.29, 1.82) is 0 Å². The average molecular weight is 342 g/mol. The van der Waals surface area contributed by atoms with Crippen LogP contribution in [-0.2, 0) is 13.8 Å². The topological polar surface area (TPSA) is 63.7 Å². The number of carbonyl (C=O) groups excluding carboxylic acids is 1. The molecule has 0 radical (unpaired) electrons. The summed E-state index contributed by atoms with van der Waals surface area (Å²) in [6.07, 6.45) is 0. The van der Waals surface area contributed by atoms with Crippen LogP contribution in [0.1, 0.15) is 13.8 Å². The van der Waals surface area contributed by atoms with Crippen molar-refractivity contribution in [1.82, 2.24) is 4.90 Å². The first-order chi connectivity index (χ1) is 9.55. The van der Waals surface area contributed by atoms with Crippen LogP contribution < -0.4 is 4.74 Å². The molecule has 1 amide bonds. The van der Waals surface area contributed by atoms with Crippen molar-refractivity contribution in [2.45, 2.75) is 24.8 Å². The number of amides is 1. The highest BCUT2D eigenvalue weighted by Gasteiger charge is 2.23. The summed E-state index contributed by atoms with van der Waals surface area (Å²) >= 11 is 0. The Morgan fingerprint density at radius 3 is 2.38 bits per heavy atom. The first-order valence-corrected chi connectivity index (χ1v) is 8.17. The number of hydrogen-bond acceptors (Lipinski definition) is 4. The molecular formula is C12H14ClF2NO4S. The molecule has 0 bridgehead atoms. The van der Waals surface area contributed by atoms with Gasteiger partial charge in [0.05, 0.1) is 0 Å². The molecule has 0 fully saturated rings. The Hall–Kier alpha value is -1.41. The van der Waals surface area contributed by atoms with Crippen molar-refractivity contribution in [3.63, 3.8) is 0 Å². The fraction of sp³-hybridized carbons (Fsp3) is 0.417. The second-order valence-corrected chi connectivity index (χ2v) is 7.05. The number of halogens is 3. The van der Waals surface area contributed by atoms with Gasteiger partial charge in [-0.15, -0.1) is 0 Å². The Bertz CT molecular complexity index is 649. The number of carbonyl (C=O) groups is 1. The zero-order valence-electron chi connectivity index (χ0n) is 11.6. The predicted octanol–water partition coefficient (Wildman–Crippen LogP) is 2.14. The van der Waals surface area contributed by atoms with E-state index in [2.05, 4.69) is 0 Å². The van der Waals surface area contributed by atoms with Crippen molar-refractivity contribution in [3.8, 4) is 5.75 Å². The second-order valence-electron chi connectivity index (χ2n) is 4.51. The molecule has 118 valence electrons. The maximum Gasteiger partial charge on any atom is 0.264 e. The van der Waals surface area contributed by atoms with Gasteiger partial charge in [-0.3, -0.25) is 4.79 Å². The van der Waals surface area contributed by atoms with E-state index in [4.69, 9.17) is 15.4 Å². The van der Waals surface area contributed by atoms with Gasteiger partial charge < -0.3 is 9.64 Å². The summed E-state index contributed by atoms with van der Waals surface area (Å²) in [4.78, 5) is 12.0. The Balaban J connectivity index is 2.93. The molecule has 0 unspecified atom stereocenters. The minimum absolute atomic E-state index is 0.0774. The Kier molecular flexibility index (Phi) is 5.52. The van der Waals surface area contributed by atoms with Crippen LogP contribution in [0.15, 0.2) is 17.0 Å². The van der Waals surface area contributed by atoms with Crippen LogP contribution in [0.2, 0.25) is 0 Å². The quantitative estimate of drug-likeness (QED) is 0.770. The van der Waals surface area contributed by atoms with Crippen LogP contribution in [0.4, 0.5) is 8.78 Å². The van der Waals surface area contributed by atoms with Crippen LogP contribution >= 0.6 is 10.7 Å². The van der Waals surface area contributed by atoms with Crippen LogP contribution in [0, 0.1) is 11.6 Å². The molecule has 0 heterocycles. The summed E-state index contributed by atoms with van der Waals surface area (Å²) in [5.41, 5.74) is 0. The predicted molar refractivity (Wildman–Crippen MR) is 72.8 cm³/mol. The third-order valence-electron chi connectivity index (χ3n) is 2.79. The standard InChI is InChI=1S/C12H14ClF2NO4S/c1-7(2)16(3)10(17)6-20-8-4-5-9(21(13,18)19)12(15)11(8)14/h4-5,7H,6H2,1-3H3. The SMILES string of the molecule is CC(C)N(C)C(=O)COc1ccc(S(=O)(=O)Cl)c(F)c1F. The van der Waals surface area contributed by atoms with Crippen LogP contribution in [0.5, 0.6) is 5.75 Å². The Morgan fingerprint density at radius 2 is 1.90 bits per heavy atom. The van der Waals surface area contributed by atoms with Gasteiger partial charge in [0.1, 0.15) is 4.90 Å². The van der Waals surface area contributed by atoms with Gasteiger partial charge in [-0.05, 0) is 26.0 Å². The fourth-order valence-corrected chi connectivity index (χ4v) is 2.23. The summed E-state index contributed by atoms with van der Waals surface area (Å²) in [6.45, 7) is 3.05. The fourth-order valence-electron chi connectivity index (χ4n) is 1.34. The average Bonchev–Trinajstić information content (AvgIpc) is 2.37. The molecule has 1 aromatic carbocycles. The molecule has 0 atom stereocenters. The lowest BCUT2D eigenvalue weighted by molar-refractivity contribution is -0.133. The lowest BCUT2D eigenvalue weighted by Crippen LogP contribution is -2.36. The molecule has 1 aromatic rings. The molecule has 0 aliphatic carbocycles. The van der Waals surface area contributed by atoms with Gasteiger partial charge >= 0.3 is 0 Å². The van der Waals surface area contributed by atoms with E-state index < -0.39 is 43.8 Å². The Morgan fingerprint density at radius 1 is 1.33 bits per heavy atom. The molecule has 0 saturated heterocycles. The number of nitrogens with zero attached hydrogens (tertiary/aromatic N) is 1. The van der Waals surface area contributed by atoms with E-state index in [0.29, 0.717) is 0 Å². The van der Waals surface area contributed by atoms with E-state index in [-0.39, 0.29) is 6.04 Å². The molecule has 0 spiro atoms. The van der Waals surface area contributed by atoms with Crippen molar-refractivity contribution in [2.24, 2.45) is 0 Å². The van der Waals surface area contributed by atoms with Gasteiger partial charge in [0, 0.05) is 23.8 Å². The summed E-state index contributed by atoms with van der Waals surface area (Å²) in [7, 11) is 2.09. The molecule has 0 saturated carbocycles. The largest absolute Gasteiger partial charge is 0.481 e. The van der Waals surface area contributed by atoms with E-state index in [0.717, 1.165) is 12.1 Å². The lowest BCUT2D eigenvalue weighted by Gasteiger charge is -2.21. The van der Waals surface area contributed by atoms with Crippen molar-refractivity contribution < 1.29 is 26.7 Å². The highest BCUT2D eigenvalue weighted by Crippen LogP contribution is 2.27. The molecule has 9 heteroatoms. The lowest BCUT2D eigenvalue weighted by atomic mass is 10.3. The highest BCUT2D eigenvalue weighted by atomic mass is 35.7. The van der Waals surface area contributed by atoms with Gasteiger partial charge in [0.2, 0.25) is 5.82 Å². The molecular weight excluding hydrogens is 328 g/mol. The Labute approximate surface area is 125 Å². The molecule has 0 aliphatic rings. The van der Waals surface area contributed by atoms with E-state index in [1.807, 2.05) is 0 Å². The van der Waals surface area contributed by atoms with E-state index in [1.165, 1.54) is 11.9 Å². The number of benzene rings is 1.